The van der Waals surface area contributed by atoms with E-state index in [1.54, 1.807) is 0 Å². The van der Waals surface area contributed by atoms with Crippen molar-refractivity contribution < 1.29 is 22.8 Å². The molecule has 2 heterocycles. The Balaban J connectivity index is 1.47. The van der Waals surface area contributed by atoms with Gasteiger partial charge >= 0.3 is 0 Å². The summed E-state index contributed by atoms with van der Waals surface area (Å²) in [6.45, 7) is 5.00. The summed E-state index contributed by atoms with van der Waals surface area (Å²) in [4.78, 5) is 18.1. The fraction of sp³-hybridized carbons (Fsp3) is 0.318. The zero-order valence-electron chi connectivity index (χ0n) is 16.6. The van der Waals surface area contributed by atoms with Crippen LogP contribution in [0.25, 0.3) is 11.4 Å². The van der Waals surface area contributed by atoms with Gasteiger partial charge < -0.3 is 14.2 Å². The Morgan fingerprint density at radius 1 is 1.17 bits per heavy atom. The highest BCUT2D eigenvalue weighted by atomic mass is 19.1. The summed E-state index contributed by atoms with van der Waals surface area (Å²) < 4.78 is 38.1. The highest BCUT2D eigenvalue weighted by Crippen LogP contribution is 2.32. The fourth-order valence-corrected chi connectivity index (χ4v) is 3.30. The summed E-state index contributed by atoms with van der Waals surface area (Å²) in [6.07, 6.45) is 0.127. The summed E-state index contributed by atoms with van der Waals surface area (Å²) in [7, 11) is 0. The van der Waals surface area contributed by atoms with E-state index < -0.39 is 11.6 Å². The first-order valence-corrected chi connectivity index (χ1v) is 9.72. The van der Waals surface area contributed by atoms with Crippen molar-refractivity contribution in [2.75, 3.05) is 18.1 Å². The Hall–Kier alpha value is -3.29. The molecule has 30 heavy (non-hydrogen) atoms. The van der Waals surface area contributed by atoms with Gasteiger partial charge in [-0.2, -0.15) is 4.98 Å². The first kappa shape index (κ1) is 20.0. The van der Waals surface area contributed by atoms with Crippen molar-refractivity contribution in [2.45, 2.75) is 26.2 Å². The maximum Gasteiger partial charge on any atom is 0.232 e. The van der Waals surface area contributed by atoms with Crippen LogP contribution < -0.4 is 9.64 Å². The van der Waals surface area contributed by atoms with E-state index in [2.05, 4.69) is 24.0 Å². The monoisotopic (exact) mass is 413 g/mol. The van der Waals surface area contributed by atoms with Crippen molar-refractivity contribution >= 4 is 11.6 Å². The topological polar surface area (TPSA) is 68.5 Å². The predicted octanol–water partition coefficient (Wildman–Crippen LogP) is 4.57. The van der Waals surface area contributed by atoms with Crippen LogP contribution in [0.15, 0.2) is 47.0 Å². The Morgan fingerprint density at radius 3 is 2.53 bits per heavy atom. The van der Waals surface area contributed by atoms with E-state index in [9.17, 15) is 13.6 Å². The minimum absolute atomic E-state index is 0.127. The molecule has 1 unspecified atom stereocenters. The average Bonchev–Trinajstić information content (AvgIpc) is 3.33. The van der Waals surface area contributed by atoms with Gasteiger partial charge in [0.05, 0.1) is 12.5 Å². The molecule has 3 aromatic rings. The molecular formula is C22H21F2N3O3. The van der Waals surface area contributed by atoms with E-state index in [1.165, 1.54) is 4.90 Å². The standard InChI is InChI=1S/C22H21F2N3O3/c1-13(2)12-29-19-5-3-14(4-6-19)21-25-22(30-26-21)15-7-20(28)27(11-15)18-9-16(23)8-17(24)10-18/h3-6,8-10,13,15H,7,11-12H2,1-2H3. The third-order valence-corrected chi connectivity index (χ3v) is 4.77. The first-order valence-electron chi connectivity index (χ1n) is 9.72. The second-order valence-corrected chi connectivity index (χ2v) is 7.72. The molecule has 1 saturated heterocycles. The molecule has 1 amide bonds. The second kappa shape index (κ2) is 8.22. The van der Waals surface area contributed by atoms with Crippen molar-refractivity contribution in [1.82, 2.24) is 10.1 Å². The van der Waals surface area contributed by atoms with E-state index in [-0.39, 0.29) is 30.5 Å². The molecule has 1 fully saturated rings. The zero-order valence-corrected chi connectivity index (χ0v) is 16.6. The molecule has 4 rings (SSSR count). The molecule has 0 saturated carbocycles. The van der Waals surface area contributed by atoms with Crippen LogP contribution in [-0.2, 0) is 4.79 Å². The molecule has 0 aliphatic carbocycles. The van der Waals surface area contributed by atoms with Gasteiger partial charge in [0.15, 0.2) is 0 Å². The molecule has 0 spiro atoms. The molecular weight excluding hydrogens is 392 g/mol. The lowest BCUT2D eigenvalue weighted by Crippen LogP contribution is -2.24. The summed E-state index contributed by atoms with van der Waals surface area (Å²) >= 11 is 0. The molecule has 2 aromatic carbocycles. The fourth-order valence-electron chi connectivity index (χ4n) is 3.30. The van der Waals surface area contributed by atoms with E-state index in [1.807, 2.05) is 24.3 Å². The Morgan fingerprint density at radius 2 is 1.87 bits per heavy atom. The molecule has 0 radical (unpaired) electrons. The van der Waals surface area contributed by atoms with Crippen LogP contribution in [0.2, 0.25) is 0 Å². The van der Waals surface area contributed by atoms with Crippen LogP contribution in [0.5, 0.6) is 5.75 Å². The minimum atomic E-state index is -0.734. The number of nitrogens with zero attached hydrogens (tertiary/aromatic N) is 3. The number of ether oxygens (including phenoxy) is 1. The van der Waals surface area contributed by atoms with Crippen molar-refractivity contribution in [3.8, 4) is 17.1 Å². The number of rotatable bonds is 6. The zero-order chi connectivity index (χ0) is 21.3. The van der Waals surface area contributed by atoms with Gasteiger partial charge in [-0.3, -0.25) is 4.79 Å². The lowest BCUT2D eigenvalue weighted by Gasteiger charge is -2.16. The number of hydrogen-bond acceptors (Lipinski definition) is 5. The Bertz CT molecular complexity index is 1030. The quantitative estimate of drug-likeness (QED) is 0.592. The lowest BCUT2D eigenvalue weighted by atomic mass is 10.1. The van der Waals surface area contributed by atoms with Crippen LogP contribution in [-0.4, -0.2) is 29.2 Å². The van der Waals surface area contributed by atoms with Gasteiger partial charge in [0, 0.05) is 30.3 Å². The third-order valence-electron chi connectivity index (χ3n) is 4.77. The van der Waals surface area contributed by atoms with Crippen LogP contribution in [0.1, 0.15) is 32.1 Å². The molecule has 1 atom stereocenters. The highest BCUT2D eigenvalue weighted by Gasteiger charge is 2.35. The molecule has 1 aliphatic heterocycles. The van der Waals surface area contributed by atoms with E-state index >= 15 is 0 Å². The van der Waals surface area contributed by atoms with Crippen molar-refractivity contribution in [2.24, 2.45) is 5.92 Å². The van der Waals surface area contributed by atoms with Gasteiger partial charge in [-0.25, -0.2) is 8.78 Å². The van der Waals surface area contributed by atoms with Gasteiger partial charge in [0.25, 0.3) is 0 Å². The summed E-state index contributed by atoms with van der Waals surface area (Å²) in [5, 5.41) is 4.01. The predicted molar refractivity (Wildman–Crippen MR) is 106 cm³/mol. The summed E-state index contributed by atoms with van der Waals surface area (Å²) in [5.41, 5.74) is 0.937. The molecule has 6 nitrogen and oxygen atoms in total. The molecule has 156 valence electrons. The van der Waals surface area contributed by atoms with E-state index in [4.69, 9.17) is 9.26 Å². The molecule has 0 bridgehead atoms. The first-order chi connectivity index (χ1) is 14.4. The minimum Gasteiger partial charge on any atom is -0.493 e. The lowest BCUT2D eigenvalue weighted by molar-refractivity contribution is -0.117. The molecule has 1 aliphatic rings. The van der Waals surface area contributed by atoms with Crippen LogP contribution in [0.3, 0.4) is 0 Å². The summed E-state index contributed by atoms with van der Waals surface area (Å²) in [5.74, 6) is -0.155. The number of benzene rings is 2. The Kier molecular flexibility index (Phi) is 5.48. The molecule has 8 heteroatoms. The van der Waals surface area contributed by atoms with Gasteiger partial charge in [-0.1, -0.05) is 19.0 Å². The number of carbonyl (C=O) groups is 1. The molecule has 0 N–H and O–H groups in total. The number of hydrogen-bond donors (Lipinski definition) is 0. The number of halogens is 2. The van der Waals surface area contributed by atoms with Crippen molar-refractivity contribution in [3.05, 3.63) is 60.0 Å². The van der Waals surface area contributed by atoms with E-state index in [0.29, 0.717) is 24.2 Å². The number of anilines is 1. The van der Waals surface area contributed by atoms with Gasteiger partial charge in [0.1, 0.15) is 17.4 Å². The largest absolute Gasteiger partial charge is 0.493 e. The van der Waals surface area contributed by atoms with Gasteiger partial charge in [0.2, 0.25) is 17.6 Å². The van der Waals surface area contributed by atoms with Gasteiger partial charge in [-0.05, 0) is 42.3 Å². The van der Waals surface area contributed by atoms with E-state index in [0.717, 1.165) is 29.5 Å². The number of aromatic nitrogens is 2. The van der Waals surface area contributed by atoms with Crippen molar-refractivity contribution in [1.29, 1.82) is 0 Å². The van der Waals surface area contributed by atoms with Crippen LogP contribution >= 0.6 is 0 Å². The Labute approximate surface area is 172 Å². The average molecular weight is 413 g/mol. The highest BCUT2D eigenvalue weighted by molar-refractivity contribution is 5.96. The normalized spacial score (nSPS) is 16.5. The molecule has 1 aromatic heterocycles. The van der Waals surface area contributed by atoms with Crippen LogP contribution in [0.4, 0.5) is 14.5 Å². The SMILES string of the molecule is CC(C)COc1ccc(-c2noc(C3CC(=O)N(c4cc(F)cc(F)c4)C3)n2)cc1. The number of amides is 1. The third kappa shape index (κ3) is 4.32. The maximum atomic E-state index is 13.5. The smallest absolute Gasteiger partial charge is 0.232 e. The summed E-state index contributed by atoms with van der Waals surface area (Å²) in [6, 6.07) is 10.4. The van der Waals surface area contributed by atoms with Crippen LogP contribution in [0, 0.1) is 17.6 Å². The second-order valence-electron chi connectivity index (χ2n) is 7.72. The maximum absolute atomic E-state index is 13.5. The van der Waals surface area contributed by atoms with Crippen molar-refractivity contribution in [3.63, 3.8) is 0 Å². The van der Waals surface area contributed by atoms with Gasteiger partial charge in [-0.15, -0.1) is 0 Å². The number of carbonyl (C=O) groups excluding carboxylic acids is 1.